The first-order valence-corrected chi connectivity index (χ1v) is 5.30. The molecule has 0 aromatic heterocycles. The zero-order valence-corrected chi connectivity index (χ0v) is 8.00. The largest absolute Gasteiger partial charge is 0.384 e. The number of nitrogens with one attached hydrogen (secondary N) is 1. The average molecular weight is 201 g/mol. The molecule has 0 aliphatic heterocycles. The van der Waals surface area contributed by atoms with Crippen molar-refractivity contribution in [1.82, 2.24) is 0 Å². The van der Waals surface area contributed by atoms with Gasteiger partial charge in [0, 0.05) is 6.54 Å². The lowest BCUT2D eigenvalue weighted by molar-refractivity contribution is 0.483. The van der Waals surface area contributed by atoms with Crippen LogP contribution in [0.4, 0.5) is 5.69 Å². The Morgan fingerprint density at radius 2 is 2.00 bits per heavy atom. The molecule has 0 aliphatic rings. The van der Waals surface area contributed by atoms with Gasteiger partial charge >= 0.3 is 0 Å². The minimum absolute atomic E-state index is 0.0862. The summed E-state index contributed by atoms with van der Waals surface area (Å²) in [5.41, 5.74) is 0.424. The van der Waals surface area contributed by atoms with Gasteiger partial charge in [0.05, 0.1) is 5.69 Å². The zero-order chi connectivity index (χ0) is 9.90. The van der Waals surface area contributed by atoms with Crippen LogP contribution in [0.25, 0.3) is 0 Å². The van der Waals surface area contributed by atoms with Gasteiger partial charge in [-0.2, -0.15) is 8.42 Å². The van der Waals surface area contributed by atoms with Gasteiger partial charge in [-0.3, -0.25) is 4.55 Å². The summed E-state index contributed by atoms with van der Waals surface area (Å²) in [6, 6.07) is 6.22. The monoisotopic (exact) mass is 201 g/mol. The molecule has 1 rings (SSSR count). The highest BCUT2D eigenvalue weighted by Crippen LogP contribution is 2.19. The number of rotatable bonds is 3. The van der Waals surface area contributed by atoms with Crippen molar-refractivity contribution in [2.75, 3.05) is 11.9 Å². The summed E-state index contributed by atoms with van der Waals surface area (Å²) in [6.07, 6.45) is 0. The molecule has 4 nitrogen and oxygen atoms in total. The standard InChI is InChI=1S/C8H11NO3S/c1-2-9-7-5-3-4-6-8(7)13(10,11)12/h3-6,9H,2H2,1H3,(H,10,11,12). The van der Waals surface area contributed by atoms with Crippen molar-refractivity contribution in [3.05, 3.63) is 24.3 Å². The van der Waals surface area contributed by atoms with Crippen LogP contribution < -0.4 is 5.32 Å². The summed E-state index contributed by atoms with van der Waals surface area (Å²) in [5, 5.41) is 2.84. The molecule has 5 heteroatoms. The highest BCUT2D eigenvalue weighted by molar-refractivity contribution is 7.86. The Hall–Kier alpha value is -1.07. The summed E-state index contributed by atoms with van der Waals surface area (Å²) in [6.45, 7) is 2.45. The Balaban J connectivity index is 3.20. The molecule has 0 saturated carbocycles. The molecule has 72 valence electrons. The Bertz CT molecular complexity index is 386. The quantitative estimate of drug-likeness (QED) is 0.725. The first-order valence-electron chi connectivity index (χ1n) is 3.86. The third kappa shape index (κ3) is 2.43. The van der Waals surface area contributed by atoms with Crippen molar-refractivity contribution in [2.24, 2.45) is 0 Å². The molecular weight excluding hydrogens is 190 g/mol. The van der Waals surface area contributed by atoms with Crippen molar-refractivity contribution in [3.63, 3.8) is 0 Å². The van der Waals surface area contributed by atoms with Crippen LogP contribution in [-0.2, 0) is 10.1 Å². The molecule has 2 N–H and O–H groups in total. The van der Waals surface area contributed by atoms with Gasteiger partial charge in [0.15, 0.2) is 0 Å². The van der Waals surface area contributed by atoms with E-state index in [1.807, 2.05) is 6.92 Å². The maximum atomic E-state index is 10.8. The van der Waals surface area contributed by atoms with Gasteiger partial charge in [-0.1, -0.05) is 12.1 Å². The lowest BCUT2D eigenvalue weighted by Crippen LogP contribution is -2.05. The van der Waals surface area contributed by atoms with Crippen molar-refractivity contribution >= 4 is 15.8 Å². The molecule has 0 saturated heterocycles. The molecule has 13 heavy (non-hydrogen) atoms. The second-order valence-electron chi connectivity index (χ2n) is 2.50. The third-order valence-electron chi connectivity index (χ3n) is 1.53. The molecule has 0 radical (unpaired) electrons. The van der Waals surface area contributed by atoms with E-state index in [9.17, 15) is 8.42 Å². The number of anilines is 1. The van der Waals surface area contributed by atoms with Crippen molar-refractivity contribution < 1.29 is 13.0 Å². The third-order valence-corrected chi connectivity index (χ3v) is 2.44. The maximum absolute atomic E-state index is 10.8. The van der Waals surface area contributed by atoms with Gasteiger partial charge < -0.3 is 5.32 Å². The molecule has 0 heterocycles. The summed E-state index contributed by atoms with van der Waals surface area (Å²) >= 11 is 0. The molecular formula is C8H11NO3S. The highest BCUT2D eigenvalue weighted by atomic mass is 32.2. The topological polar surface area (TPSA) is 66.4 Å². The van der Waals surface area contributed by atoms with E-state index in [-0.39, 0.29) is 4.90 Å². The SMILES string of the molecule is CCNc1ccccc1S(=O)(=O)O. The van der Waals surface area contributed by atoms with Gasteiger partial charge in [-0.25, -0.2) is 0 Å². The van der Waals surface area contributed by atoms with Gasteiger partial charge in [-0.15, -0.1) is 0 Å². The van der Waals surface area contributed by atoms with Gasteiger partial charge in [0.25, 0.3) is 10.1 Å². The summed E-state index contributed by atoms with van der Waals surface area (Å²) in [4.78, 5) is -0.0862. The van der Waals surface area contributed by atoms with E-state index in [0.29, 0.717) is 12.2 Å². The fraction of sp³-hybridized carbons (Fsp3) is 0.250. The lowest BCUT2D eigenvalue weighted by atomic mass is 10.3. The van der Waals surface area contributed by atoms with E-state index in [1.54, 1.807) is 18.2 Å². The Kier molecular flexibility index (Phi) is 2.90. The Morgan fingerprint density at radius 3 is 2.54 bits per heavy atom. The number of hydrogen-bond acceptors (Lipinski definition) is 3. The van der Waals surface area contributed by atoms with E-state index in [1.165, 1.54) is 6.07 Å². The zero-order valence-electron chi connectivity index (χ0n) is 7.19. The molecule has 0 atom stereocenters. The first-order chi connectivity index (χ1) is 6.05. The molecule has 0 amide bonds. The van der Waals surface area contributed by atoms with E-state index >= 15 is 0 Å². The van der Waals surface area contributed by atoms with Gasteiger partial charge in [-0.05, 0) is 19.1 Å². The average Bonchev–Trinajstić information content (AvgIpc) is 2.04. The molecule has 0 unspecified atom stereocenters. The van der Waals surface area contributed by atoms with E-state index < -0.39 is 10.1 Å². The number of benzene rings is 1. The summed E-state index contributed by atoms with van der Waals surface area (Å²) < 4.78 is 30.5. The molecule has 0 fully saturated rings. The van der Waals surface area contributed by atoms with Crippen molar-refractivity contribution in [1.29, 1.82) is 0 Å². The predicted molar refractivity (Wildman–Crippen MR) is 50.4 cm³/mol. The minimum Gasteiger partial charge on any atom is -0.384 e. The smallest absolute Gasteiger partial charge is 0.296 e. The summed E-state index contributed by atoms with van der Waals surface area (Å²) in [7, 11) is -4.12. The predicted octanol–water partition coefficient (Wildman–Crippen LogP) is 1.37. The molecule has 0 aliphatic carbocycles. The second kappa shape index (κ2) is 3.76. The molecule has 1 aromatic rings. The second-order valence-corrected chi connectivity index (χ2v) is 3.89. The minimum atomic E-state index is -4.12. The Morgan fingerprint density at radius 1 is 1.38 bits per heavy atom. The number of hydrogen-bond donors (Lipinski definition) is 2. The first kappa shape index (κ1) is 10.0. The molecule has 0 spiro atoms. The number of para-hydroxylation sites is 1. The van der Waals surface area contributed by atoms with E-state index in [2.05, 4.69) is 5.32 Å². The van der Waals surface area contributed by atoms with Crippen LogP contribution in [0.1, 0.15) is 6.92 Å². The molecule has 0 bridgehead atoms. The normalized spacial score (nSPS) is 11.2. The Labute approximate surface area is 77.3 Å². The van der Waals surface area contributed by atoms with Crippen LogP contribution in [0.5, 0.6) is 0 Å². The van der Waals surface area contributed by atoms with Crippen LogP contribution in [-0.4, -0.2) is 19.5 Å². The van der Waals surface area contributed by atoms with Crippen LogP contribution in [0.15, 0.2) is 29.2 Å². The van der Waals surface area contributed by atoms with E-state index in [0.717, 1.165) is 0 Å². The van der Waals surface area contributed by atoms with Crippen LogP contribution in [0.2, 0.25) is 0 Å². The maximum Gasteiger partial charge on any atom is 0.296 e. The fourth-order valence-corrected chi connectivity index (χ4v) is 1.70. The van der Waals surface area contributed by atoms with Crippen LogP contribution >= 0.6 is 0 Å². The fourth-order valence-electron chi connectivity index (χ4n) is 1.03. The highest BCUT2D eigenvalue weighted by Gasteiger charge is 2.13. The van der Waals surface area contributed by atoms with Crippen LogP contribution in [0.3, 0.4) is 0 Å². The van der Waals surface area contributed by atoms with Gasteiger partial charge in [0.1, 0.15) is 4.90 Å². The molecule has 1 aromatic carbocycles. The van der Waals surface area contributed by atoms with E-state index in [4.69, 9.17) is 4.55 Å². The van der Waals surface area contributed by atoms with Crippen molar-refractivity contribution in [2.45, 2.75) is 11.8 Å². The summed E-state index contributed by atoms with van der Waals surface area (Å²) in [5.74, 6) is 0. The van der Waals surface area contributed by atoms with Gasteiger partial charge in [0.2, 0.25) is 0 Å². The lowest BCUT2D eigenvalue weighted by Gasteiger charge is -2.06. The van der Waals surface area contributed by atoms with Crippen LogP contribution in [0, 0.1) is 0 Å². The van der Waals surface area contributed by atoms with Crippen molar-refractivity contribution in [3.8, 4) is 0 Å².